The summed E-state index contributed by atoms with van der Waals surface area (Å²) in [6.07, 6.45) is 2.01. The van der Waals surface area contributed by atoms with Crippen LogP contribution in [0.15, 0.2) is 46.1 Å². The van der Waals surface area contributed by atoms with Gasteiger partial charge in [-0.3, -0.25) is 0 Å². The average Bonchev–Trinajstić information content (AvgIpc) is 3.05. The van der Waals surface area contributed by atoms with E-state index in [0.29, 0.717) is 12.3 Å². The van der Waals surface area contributed by atoms with Gasteiger partial charge in [0.05, 0.1) is 13.1 Å². The Balaban J connectivity index is 1.78. The van der Waals surface area contributed by atoms with E-state index in [1.54, 1.807) is 11.8 Å². The third-order valence-corrected chi connectivity index (χ3v) is 5.66. The Bertz CT molecular complexity index is 1130. The van der Waals surface area contributed by atoms with Crippen LogP contribution in [0.1, 0.15) is 36.1 Å². The van der Waals surface area contributed by atoms with Crippen molar-refractivity contribution in [2.75, 3.05) is 6.26 Å². The number of carbonyl (C=O) groups is 1. The predicted molar refractivity (Wildman–Crippen MR) is 119 cm³/mol. The molecule has 1 aromatic heterocycles. The van der Waals surface area contributed by atoms with Gasteiger partial charge < -0.3 is 9.84 Å². The van der Waals surface area contributed by atoms with Crippen molar-refractivity contribution < 1.29 is 14.6 Å². The maximum atomic E-state index is 12.7. The first-order valence-electron chi connectivity index (χ1n) is 9.77. The Morgan fingerprint density at radius 3 is 2.03 bits per heavy atom. The maximum absolute atomic E-state index is 12.7. The molecule has 0 unspecified atom stereocenters. The lowest BCUT2D eigenvalue weighted by Gasteiger charge is -2.24. The molecule has 0 amide bonds. The first kappa shape index (κ1) is 22.6. The van der Waals surface area contributed by atoms with E-state index in [1.165, 1.54) is 23.2 Å². The molecule has 0 saturated carbocycles. The Kier molecular flexibility index (Phi) is 6.54. The van der Waals surface area contributed by atoms with Gasteiger partial charge in [0.15, 0.2) is 5.60 Å². The summed E-state index contributed by atoms with van der Waals surface area (Å²) in [7, 11) is 0. The average molecular weight is 443 g/mol. The van der Waals surface area contributed by atoms with E-state index < -0.39 is 11.6 Å². The van der Waals surface area contributed by atoms with Crippen molar-refractivity contribution in [2.24, 2.45) is 0 Å². The molecular weight excluding hydrogens is 416 g/mol. The Morgan fingerprint density at radius 1 is 1.03 bits per heavy atom. The summed E-state index contributed by atoms with van der Waals surface area (Å²) in [5, 5.41) is 17.3. The number of carboxylic acid groups (broad SMARTS) is 1. The van der Waals surface area contributed by atoms with E-state index >= 15 is 0 Å². The van der Waals surface area contributed by atoms with E-state index in [4.69, 9.17) is 4.74 Å². The number of carboxylic acids is 1. The standard InChI is InChI=1S/C22H26N4O4S/c1-14-10-17(11-15(2)19(14)30-22(3,4)20(27)28)13-26-21(29)25(23-24-26)12-16-6-8-18(31-5)9-7-16/h6-11H,12-13H2,1-5H3,(H,27,28). The van der Waals surface area contributed by atoms with Gasteiger partial charge >= 0.3 is 11.7 Å². The molecule has 0 saturated heterocycles. The number of thioether (sulfide) groups is 1. The van der Waals surface area contributed by atoms with E-state index in [-0.39, 0.29) is 12.2 Å². The number of ether oxygens (including phenoxy) is 1. The van der Waals surface area contributed by atoms with Gasteiger partial charge in [-0.25, -0.2) is 9.59 Å². The fraction of sp³-hybridized carbons (Fsp3) is 0.364. The molecule has 1 heterocycles. The molecule has 2 aromatic carbocycles. The van der Waals surface area contributed by atoms with Gasteiger partial charge in [-0.05, 0) is 78.8 Å². The highest BCUT2D eigenvalue weighted by molar-refractivity contribution is 7.98. The van der Waals surface area contributed by atoms with Gasteiger partial charge in [0.1, 0.15) is 5.75 Å². The van der Waals surface area contributed by atoms with E-state index in [1.807, 2.05) is 56.5 Å². The fourth-order valence-electron chi connectivity index (χ4n) is 3.17. The molecule has 0 atom stereocenters. The summed E-state index contributed by atoms with van der Waals surface area (Å²) in [6.45, 7) is 7.32. The second-order valence-corrected chi connectivity index (χ2v) is 8.78. The predicted octanol–water partition coefficient (Wildman–Crippen LogP) is 3.12. The minimum Gasteiger partial charge on any atom is -0.478 e. The Hall–Kier alpha value is -3.07. The topological polar surface area (TPSA) is 99.2 Å². The lowest BCUT2D eigenvalue weighted by atomic mass is 10.0. The number of benzene rings is 2. The van der Waals surface area contributed by atoms with Crippen molar-refractivity contribution in [1.29, 1.82) is 0 Å². The molecule has 0 fully saturated rings. The monoisotopic (exact) mass is 442 g/mol. The second kappa shape index (κ2) is 8.97. The number of aliphatic carboxylic acids is 1. The largest absolute Gasteiger partial charge is 0.478 e. The minimum absolute atomic E-state index is 0.258. The van der Waals surface area contributed by atoms with Crippen LogP contribution in [-0.2, 0) is 17.9 Å². The van der Waals surface area contributed by atoms with Crippen LogP contribution in [0.3, 0.4) is 0 Å². The van der Waals surface area contributed by atoms with Crippen LogP contribution in [0, 0.1) is 13.8 Å². The molecule has 1 N–H and O–H groups in total. The molecular formula is C22H26N4O4S. The molecule has 0 aliphatic rings. The highest BCUT2D eigenvalue weighted by Gasteiger charge is 2.30. The lowest BCUT2D eigenvalue weighted by molar-refractivity contribution is -0.152. The number of rotatable bonds is 8. The number of aryl methyl sites for hydroxylation is 2. The normalized spacial score (nSPS) is 11.5. The molecule has 0 radical (unpaired) electrons. The van der Waals surface area contributed by atoms with Gasteiger partial charge in [0.2, 0.25) is 0 Å². The summed E-state index contributed by atoms with van der Waals surface area (Å²) >= 11 is 1.66. The van der Waals surface area contributed by atoms with Crippen molar-refractivity contribution >= 4 is 17.7 Å². The molecule has 0 bridgehead atoms. The van der Waals surface area contributed by atoms with Crippen LogP contribution in [-0.4, -0.2) is 42.7 Å². The highest BCUT2D eigenvalue weighted by Crippen LogP contribution is 2.29. The van der Waals surface area contributed by atoms with Gasteiger partial charge in [-0.15, -0.1) is 11.8 Å². The number of aromatic nitrogens is 4. The SMILES string of the molecule is CSc1ccc(Cn2nnn(Cc3cc(C)c(OC(C)(C)C(=O)O)c(C)c3)c2=O)cc1. The lowest BCUT2D eigenvalue weighted by Crippen LogP contribution is -2.38. The molecule has 3 rings (SSSR count). The van der Waals surface area contributed by atoms with Crippen molar-refractivity contribution in [3.63, 3.8) is 0 Å². The van der Waals surface area contributed by atoms with Crippen LogP contribution in [0.4, 0.5) is 0 Å². The van der Waals surface area contributed by atoms with E-state index in [2.05, 4.69) is 10.4 Å². The molecule has 31 heavy (non-hydrogen) atoms. The number of nitrogens with zero attached hydrogens (tertiary/aromatic N) is 4. The molecule has 0 aliphatic carbocycles. The number of hydrogen-bond acceptors (Lipinski definition) is 6. The molecule has 9 heteroatoms. The van der Waals surface area contributed by atoms with Crippen molar-refractivity contribution in [1.82, 2.24) is 19.8 Å². The zero-order chi connectivity index (χ0) is 22.8. The Labute approximate surface area is 184 Å². The highest BCUT2D eigenvalue weighted by atomic mass is 32.2. The van der Waals surface area contributed by atoms with Gasteiger partial charge in [-0.2, -0.15) is 9.36 Å². The van der Waals surface area contributed by atoms with Gasteiger partial charge in [0.25, 0.3) is 0 Å². The fourth-order valence-corrected chi connectivity index (χ4v) is 3.58. The van der Waals surface area contributed by atoms with Crippen molar-refractivity contribution in [3.05, 3.63) is 69.1 Å². The molecule has 8 nitrogen and oxygen atoms in total. The first-order chi connectivity index (χ1) is 14.6. The second-order valence-electron chi connectivity index (χ2n) is 7.90. The summed E-state index contributed by atoms with van der Waals surface area (Å²) in [4.78, 5) is 25.2. The molecule has 164 valence electrons. The van der Waals surface area contributed by atoms with Crippen molar-refractivity contribution in [2.45, 2.75) is 51.3 Å². The summed E-state index contributed by atoms with van der Waals surface area (Å²) in [5.41, 5.74) is 1.77. The third kappa shape index (κ3) is 5.16. The zero-order valence-electron chi connectivity index (χ0n) is 18.2. The quantitative estimate of drug-likeness (QED) is 0.535. The molecule has 3 aromatic rings. The van der Waals surface area contributed by atoms with Gasteiger partial charge in [-0.1, -0.05) is 24.3 Å². The van der Waals surface area contributed by atoms with Crippen LogP contribution in [0.25, 0.3) is 0 Å². The molecule has 0 aliphatic heterocycles. The summed E-state index contributed by atoms with van der Waals surface area (Å²) < 4.78 is 8.38. The van der Waals surface area contributed by atoms with Crippen LogP contribution < -0.4 is 10.4 Å². The number of hydrogen-bond donors (Lipinski definition) is 1. The van der Waals surface area contributed by atoms with Crippen LogP contribution in [0.2, 0.25) is 0 Å². The van der Waals surface area contributed by atoms with Crippen LogP contribution in [0.5, 0.6) is 5.75 Å². The minimum atomic E-state index is -1.34. The van der Waals surface area contributed by atoms with E-state index in [9.17, 15) is 14.7 Å². The summed E-state index contributed by atoms with van der Waals surface area (Å²) in [5.74, 6) is -0.512. The Morgan fingerprint density at radius 2 is 1.55 bits per heavy atom. The third-order valence-electron chi connectivity index (χ3n) is 4.91. The van der Waals surface area contributed by atoms with Crippen molar-refractivity contribution in [3.8, 4) is 5.75 Å². The molecule has 0 spiro atoms. The smallest absolute Gasteiger partial charge is 0.364 e. The van der Waals surface area contributed by atoms with E-state index in [0.717, 1.165) is 27.1 Å². The number of tetrazole rings is 1. The van der Waals surface area contributed by atoms with Gasteiger partial charge in [0, 0.05) is 4.90 Å². The summed E-state index contributed by atoms with van der Waals surface area (Å²) in [6, 6.07) is 11.7. The van der Waals surface area contributed by atoms with Crippen LogP contribution >= 0.6 is 11.8 Å². The maximum Gasteiger partial charge on any atom is 0.364 e. The first-order valence-corrected chi connectivity index (χ1v) is 11.0. The zero-order valence-corrected chi connectivity index (χ0v) is 19.1.